The summed E-state index contributed by atoms with van der Waals surface area (Å²) in [5.74, 6) is -1.56. The average molecular weight is 400 g/mol. The SMILES string of the molecule is CCOC(=O)[C@@H]1CCc2sc3ncn(CC(=O)c4ccc(F)cc4)c(=O)c3c21. The van der Waals surface area contributed by atoms with Crippen molar-refractivity contribution >= 4 is 33.3 Å². The molecule has 3 aromatic rings. The van der Waals surface area contributed by atoms with Gasteiger partial charge >= 0.3 is 5.97 Å². The van der Waals surface area contributed by atoms with Gasteiger partial charge in [-0.1, -0.05) is 0 Å². The number of esters is 1. The van der Waals surface area contributed by atoms with E-state index < -0.39 is 11.7 Å². The molecule has 1 aliphatic carbocycles. The summed E-state index contributed by atoms with van der Waals surface area (Å²) in [5, 5.41) is 0.393. The van der Waals surface area contributed by atoms with Crippen molar-refractivity contribution in [3.05, 3.63) is 62.8 Å². The van der Waals surface area contributed by atoms with E-state index in [1.807, 2.05) is 0 Å². The van der Waals surface area contributed by atoms with Crippen molar-refractivity contribution in [3.63, 3.8) is 0 Å². The van der Waals surface area contributed by atoms with Crippen molar-refractivity contribution in [2.75, 3.05) is 6.61 Å². The van der Waals surface area contributed by atoms with Crippen LogP contribution in [0.5, 0.6) is 0 Å². The maximum Gasteiger partial charge on any atom is 0.313 e. The van der Waals surface area contributed by atoms with Gasteiger partial charge in [-0.3, -0.25) is 19.0 Å². The van der Waals surface area contributed by atoms with Crippen molar-refractivity contribution in [2.24, 2.45) is 0 Å². The molecule has 0 aliphatic heterocycles. The van der Waals surface area contributed by atoms with Gasteiger partial charge in [0.15, 0.2) is 5.78 Å². The van der Waals surface area contributed by atoms with Gasteiger partial charge in [0, 0.05) is 10.4 Å². The molecular formula is C20H17FN2O4S. The summed E-state index contributed by atoms with van der Waals surface area (Å²) in [7, 11) is 0. The number of benzene rings is 1. The first-order valence-corrected chi connectivity index (χ1v) is 9.77. The zero-order chi connectivity index (χ0) is 19.8. The molecule has 0 radical (unpaired) electrons. The fourth-order valence-electron chi connectivity index (χ4n) is 3.54. The Morgan fingerprint density at radius 2 is 2.07 bits per heavy atom. The Morgan fingerprint density at radius 1 is 1.32 bits per heavy atom. The molecule has 1 atom stereocenters. The van der Waals surface area contributed by atoms with E-state index >= 15 is 0 Å². The molecule has 0 bridgehead atoms. The van der Waals surface area contributed by atoms with Crippen LogP contribution in [0.2, 0.25) is 0 Å². The normalized spacial score (nSPS) is 15.6. The summed E-state index contributed by atoms with van der Waals surface area (Å²) < 4.78 is 19.4. The molecule has 0 amide bonds. The number of nitrogens with zero attached hydrogens (tertiary/aromatic N) is 2. The maximum atomic E-state index is 13.1. The van der Waals surface area contributed by atoms with Crippen LogP contribution in [0, 0.1) is 5.82 Å². The molecule has 0 saturated carbocycles. The van der Waals surface area contributed by atoms with Gasteiger partial charge in [0.2, 0.25) is 0 Å². The minimum atomic E-state index is -0.471. The van der Waals surface area contributed by atoms with E-state index in [9.17, 15) is 18.8 Å². The van der Waals surface area contributed by atoms with Crippen LogP contribution in [0.25, 0.3) is 10.2 Å². The van der Waals surface area contributed by atoms with Crippen LogP contribution < -0.4 is 5.56 Å². The fourth-order valence-corrected chi connectivity index (χ4v) is 4.75. The molecule has 0 saturated heterocycles. The van der Waals surface area contributed by atoms with Gasteiger partial charge in [-0.15, -0.1) is 11.3 Å². The second-order valence-electron chi connectivity index (χ2n) is 6.57. The topological polar surface area (TPSA) is 78.3 Å². The zero-order valence-electron chi connectivity index (χ0n) is 15.1. The third kappa shape index (κ3) is 3.13. The lowest BCUT2D eigenvalue weighted by Crippen LogP contribution is -2.25. The van der Waals surface area contributed by atoms with Crippen LogP contribution in [0.15, 0.2) is 35.4 Å². The number of aryl methyl sites for hydroxylation is 1. The summed E-state index contributed by atoms with van der Waals surface area (Å²) in [6.45, 7) is 1.82. The van der Waals surface area contributed by atoms with Crippen molar-refractivity contribution in [2.45, 2.75) is 32.2 Å². The molecule has 2 heterocycles. The van der Waals surface area contributed by atoms with Gasteiger partial charge in [-0.05, 0) is 49.6 Å². The van der Waals surface area contributed by atoms with Crippen molar-refractivity contribution in [3.8, 4) is 0 Å². The lowest BCUT2D eigenvalue weighted by atomic mass is 10.0. The number of rotatable bonds is 5. The molecule has 6 nitrogen and oxygen atoms in total. The lowest BCUT2D eigenvalue weighted by Gasteiger charge is -2.10. The Bertz CT molecular complexity index is 1130. The Hall–Kier alpha value is -2.87. The molecule has 4 rings (SSSR count). The number of fused-ring (bicyclic) bond motifs is 3. The summed E-state index contributed by atoms with van der Waals surface area (Å²) in [6.07, 6.45) is 2.66. The van der Waals surface area contributed by atoms with E-state index in [0.717, 1.165) is 4.88 Å². The molecule has 1 aromatic carbocycles. The molecule has 0 unspecified atom stereocenters. The van der Waals surface area contributed by atoms with E-state index in [0.29, 0.717) is 34.2 Å². The van der Waals surface area contributed by atoms with Gasteiger partial charge < -0.3 is 4.74 Å². The maximum absolute atomic E-state index is 13.1. The Balaban J connectivity index is 1.72. The van der Waals surface area contributed by atoms with Crippen LogP contribution in [-0.2, 0) is 22.5 Å². The van der Waals surface area contributed by atoms with Crippen molar-refractivity contribution in [1.29, 1.82) is 0 Å². The second-order valence-corrected chi connectivity index (χ2v) is 7.65. The molecule has 2 aromatic heterocycles. The second kappa shape index (κ2) is 7.27. The molecular weight excluding hydrogens is 383 g/mol. The highest BCUT2D eigenvalue weighted by atomic mass is 32.1. The van der Waals surface area contributed by atoms with Crippen LogP contribution in [0.4, 0.5) is 4.39 Å². The number of ether oxygens (including phenoxy) is 1. The van der Waals surface area contributed by atoms with Gasteiger partial charge in [-0.25, -0.2) is 9.37 Å². The molecule has 0 spiro atoms. The Labute approximate surface area is 163 Å². The van der Waals surface area contributed by atoms with Crippen LogP contribution in [0.1, 0.15) is 40.1 Å². The molecule has 1 aliphatic rings. The first-order valence-electron chi connectivity index (χ1n) is 8.95. The van der Waals surface area contributed by atoms with Crippen molar-refractivity contribution in [1.82, 2.24) is 9.55 Å². The highest BCUT2D eigenvalue weighted by Gasteiger charge is 2.35. The van der Waals surface area contributed by atoms with E-state index in [4.69, 9.17) is 4.74 Å². The minimum absolute atomic E-state index is 0.206. The van der Waals surface area contributed by atoms with E-state index in [1.54, 1.807) is 6.92 Å². The van der Waals surface area contributed by atoms with Gasteiger partial charge in [0.05, 0.1) is 30.8 Å². The predicted molar refractivity (Wildman–Crippen MR) is 102 cm³/mol. The molecule has 0 fully saturated rings. The summed E-state index contributed by atoms with van der Waals surface area (Å²) in [4.78, 5) is 43.7. The number of Topliss-reactive ketones (excluding diaryl/α,β-unsaturated/α-hetero) is 1. The summed E-state index contributed by atoms with van der Waals surface area (Å²) >= 11 is 1.41. The number of carbonyl (C=O) groups is 2. The molecule has 0 N–H and O–H groups in total. The standard InChI is InChI=1S/C20H17FN2O4S/c1-2-27-20(26)13-7-8-15-16(13)17-18(28-15)22-10-23(19(17)25)9-14(24)11-3-5-12(21)6-4-11/h3-6,10,13H,2,7-9H2,1H3/t13-/m1/s1. The molecule has 28 heavy (non-hydrogen) atoms. The quantitative estimate of drug-likeness (QED) is 0.486. The highest BCUT2D eigenvalue weighted by Crippen LogP contribution is 2.42. The van der Waals surface area contributed by atoms with E-state index in [-0.39, 0.29) is 30.5 Å². The largest absolute Gasteiger partial charge is 0.466 e. The summed E-state index contributed by atoms with van der Waals surface area (Å²) in [5.41, 5.74) is 0.655. The minimum Gasteiger partial charge on any atom is -0.466 e. The monoisotopic (exact) mass is 400 g/mol. The molecule has 144 valence electrons. The highest BCUT2D eigenvalue weighted by molar-refractivity contribution is 7.18. The van der Waals surface area contributed by atoms with Gasteiger partial charge in [-0.2, -0.15) is 0 Å². The zero-order valence-corrected chi connectivity index (χ0v) is 15.9. The lowest BCUT2D eigenvalue weighted by molar-refractivity contribution is -0.144. The number of ketones is 1. The predicted octanol–water partition coefficient (Wildman–Crippen LogP) is 3.07. The van der Waals surface area contributed by atoms with Crippen LogP contribution in [0.3, 0.4) is 0 Å². The smallest absolute Gasteiger partial charge is 0.313 e. The van der Waals surface area contributed by atoms with Crippen LogP contribution >= 0.6 is 11.3 Å². The van der Waals surface area contributed by atoms with Crippen LogP contribution in [-0.4, -0.2) is 27.9 Å². The number of halogens is 1. The fraction of sp³-hybridized carbons (Fsp3) is 0.300. The van der Waals surface area contributed by atoms with E-state index in [2.05, 4.69) is 4.98 Å². The Morgan fingerprint density at radius 3 is 2.79 bits per heavy atom. The number of aromatic nitrogens is 2. The third-order valence-corrected chi connectivity index (χ3v) is 6.03. The van der Waals surface area contributed by atoms with Gasteiger partial charge in [0.25, 0.3) is 5.56 Å². The summed E-state index contributed by atoms with van der Waals surface area (Å²) in [6, 6.07) is 5.17. The number of carbonyl (C=O) groups excluding carboxylic acids is 2. The van der Waals surface area contributed by atoms with Crippen molar-refractivity contribution < 1.29 is 18.7 Å². The first-order chi connectivity index (χ1) is 13.5. The number of hydrogen-bond acceptors (Lipinski definition) is 6. The van der Waals surface area contributed by atoms with E-state index in [1.165, 1.54) is 46.5 Å². The molecule has 8 heteroatoms. The van der Waals surface area contributed by atoms with Gasteiger partial charge in [0.1, 0.15) is 10.6 Å². The first kappa shape index (κ1) is 18.5. The average Bonchev–Trinajstić information content (AvgIpc) is 3.24. The number of thiophene rings is 1. The number of hydrogen-bond donors (Lipinski definition) is 0. The third-order valence-electron chi connectivity index (χ3n) is 4.85. The Kier molecular flexibility index (Phi) is 4.80.